The van der Waals surface area contributed by atoms with Crippen molar-refractivity contribution in [1.82, 2.24) is 11.2 Å². The minimum atomic E-state index is -0.282. The highest BCUT2D eigenvalue weighted by molar-refractivity contribution is 5.76. The van der Waals surface area contributed by atoms with Gasteiger partial charge in [-0.05, 0) is 0 Å². The second-order valence-corrected chi connectivity index (χ2v) is 0.962. The number of hydrogen-bond donors (Lipinski definition) is 1. The highest BCUT2D eigenvalue weighted by Crippen LogP contribution is 1.61. The maximum absolute atomic E-state index is 10.1. The average Bonchev–Trinajstić information content (AvgIpc) is 1.68. The molecular formula is C3H7N2O2. The van der Waals surface area contributed by atoms with Gasteiger partial charge < -0.3 is 5.32 Å². The van der Waals surface area contributed by atoms with Crippen molar-refractivity contribution in [2.24, 2.45) is 0 Å². The fraction of sp³-hybridized carbons (Fsp3) is 0.667. The maximum Gasteiger partial charge on any atom is 0.247 e. The van der Waals surface area contributed by atoms with Gasteiger partial charge in [0.05, 0.1) is 0 Å². The topological polar surface area (TPSA) is 62.1 Å². The van der Waals surface area contributed by atoms with Crippen LogP contribution < -0.4 is 11.2 Å². The third kappa shape index (κ3) is 3.21. The Labute approximate surface area is 41.6 Å². The standard InChI is InChI=1S/C3H7N2O2/c1-5-3(6)2-7-4/h4H,2H2,1H3,(H,5,6). The predicted molar refractivity (Wildman–Crippen MR) is 23.1 cm³/mol. The molecule has 4 nitrogen and oxygen atoms in total. The lowest BCUT2D eigenvalue weighted by Gasteiger charge is -1.91. The molecule has 0 spiro atoms. The smallest absolute Gasteiger partial charge is 0.247 e. The van der Waals surface area contributed by atoms with E-state index >= 15 is 0 Å². The molecule has 0 aliphatic heterocycles. The number of amides is 1. The van der Waals surface area contributed by atoms with Crippen molar-refractivity contribution in [3.8, 4) is 0 Å². The van der Waals surface area contributed by atoms with Crippen molar-refractivity contribution in [1.29, 1.82) is 0 Å². The number of hydrogen-bond acceptors (Lipinski definition) is 2. The molecule has 0 aromatic heterocycles. The summed E-state index contributed by atoms with van der Waals surface area (Å²) in [6.07, 6.45) is 0. The van der Waals surface area contributed by atoms with Gasteiger partial charge >= 0.3 is 0 Å². The summed E-state index contributed by atoms with van der Waals surface area (Å²) in [7, 11) is 1.49. The van der Waals surface area contributed by atoms with E-state index in [1.165, 1.54) is 7.05 Å². The van der Waals surface area contributed by atoms with Crippen molar-refractivity contribution >= 4 is 5.91 Å². The molecule has 0 saturated heterocycles. The molecule has 0 aromatic carbocycles. The van der Waals surface area contributed by atoms with Gasteiger partial charge in [-0.3, -0.25) is 9.63 Å². The van der Waals surface area contributed by atoms with E-state index in [1.54, 1.807) is 0 Å². The number of rotatable bonds is 2. The highest BCUT2D eigenvalue weighted by atomic mass is 16.6. The van der Waals surface area contributed by atoms with E-state index in [-0.39, 0.29) is 12.5 Å². The molecule has 0 bridgehead atoms. The molecule has 0 unspecified atom stereocenters. The molecule has 0 aliphatic rings. The van der Waals surface area contributed by atoms with Crippen molar-refractivity contribution in [3.63, 3.8) is 0 Å². The molecule has 0 aliphatic carbocycles. The Hall–Kier alpha value is -0.610. The monoisotopic (exact) mass is 103 g/mol. The Morgan fingerprint density at radius 2 is 2.57 bits per heavy atom. The van der Waals surface area contributed by atoms with E-state index in [0.717, 1.165) is 0 Å². The van der Waals surface area contributed by atoms with Crippen LogP contribution in [0.25, 0.3) is 0 Å². The van der Waals surface area contributed by atoms with Crippen LogP contribution in [0.3, 0.4) is 0 Å². The minimum absolute atomic E-state index is 0.184. The SMILES string of the molecule is CNC(=O)CO[NH]. The van der Waals surface area contributed by atoms with E-state index in [2.05, 4.69) is 10.2 Å². The fourth-order valence-electron chi connectivity index (χ4n) is 0.138. The van der Waals surface area contributed by atoms with E-state index in [9.17, 15) is 4.79 Å². The van der Waals surface area contributed by atoms with Gasteiger partial charge in [-0.15, -0.1) is 5.90 Å². The van der Waals surface area contributed by atoms with Gasteiger partial charge in [0.25, 0.3) is 0 Å². The van der Waals surface area contributed by atoms with Gasteiger partial charge in [-0.2, -0.15) is 0 Å². The Kier molecular flexibility index (Phi) is 3.26. The second kappa shape index (κ2) is 3.58. The van der Waals surface area contributed by atoms with Gasteiger partial charge in [0.1, 0.15) is 6.61 Å². The molecule has 0 atom stereocenters. The van der Waals surface area contributed by atoms with Crippen LogP contribution in [-0.2, 0) is 9.63 Å². The molecule has 7 heavy (non-hydrogen) atoms. The first kappa shape index (κ1) is 6.39. The molecule has 4 heteroatoms. The van der Waals surface area contributed by atoms with Gasteiger partial charge in [0, 0.05) is 7.05 Å². The van der Waals surface area contributed by atoms with E-state index < -0.39 is 0 Å². The zero-order chi connectivity index (χ0) is 5.70. The Bertz CT molecular complexity index is 64.0. The molecule has 0 saturated carbocycles. The number of likely N-dealkylation sites (N-methyl/N-ethyl adjacent to an activating group) is 1. The third-order valence-corrected chi connectivity index (χ3v) is 0.482. The van der Waals surface area contributed by atoms with Gasteiger partial charge in [-0.25, -0.2) is 0 Å². The zero-order valence-corrected chi connectivity index (χ0v) is 4.02. The van der Waals surface area contributed by atoms with Crippen LogP contribution in [0.1, 0.15) is 0 Å². The van der Waals surface area contributed by atoms with Crippen molar-refractivity contribution in [2.45, 2.75) is 0 Å². The molecule has 2 N–H and O–H groups in total. The first-order chi connectivity index (χ1) is 3.31. The quantitative estimate of drug-likeness (QED) is 0.453. The summed E-state index contributed by atoms with van der Waals surface area (Å²) in [4.78, 5) is 13.8. The molecular weight excluding hydrogens is 96.0 g/mol. The molecule has 0 heterocycles. The number of nitrogens with one attached hydrogen (secondary N) is 2. The van der Waals surface area contributed by atoms with Crippen LogP contribution >= 0.6 is 0 Å². The third-order valence-electron chi connectivity index (χ3n) is 0.482. The average molecular weight is 103 g/mol. The lowest BCUT2D eigenvalue weighted by atomic mass is 10.7. The molecule has 0 aromatic rings. The number of carbonyl (C=O) groups is 1. The largest absolute Gasteiger partial charge is 0.357 e. The first-order valence-electron chi connectivity index (χ1n) is 1.80. The van der Waals surface area contributed by atoms with Crippen molar-refractivity contribution in [2.75, 3.05) is 13.7 Å². The molecule has 0 rings (SSSR count). The first-order valence-corrected chi connectivity index (χ1v) is 1.80. The molecule has 0 fully saturated rings. The van der Waals surface area contributed by atoms with Crippen LogP contribution in [0.5, 0.6) is 0 Å². The van der Waals surface area contributed by atoms with Crippen LogP contribution in [0.15, 0.2) is 0 Å². The molecule has 1 amide bonds. The summed E-state index contributed by atoms with van der Waals surface area (Å²) >= 11 is 0. The lowest BCUT2D eigenvalue weighted by Crippen LogP contribution is -2.22. The summed E-state index contributed by atoms with van der Waals surface area (Å²) in [6.45, 7) is -0.184. The van der Waals surface area contributed by atoms with Gasteiger partial charge in [0.15, 0.2) is 0 Å². The van der Waals surface area contributed by atoms with E-state index in [4.69, 9.17) is 5.90 Å². The van der Waals surface area contributed by atoms with Crippen LogP contribution in [0.2, 0.25) is 0 Å². The minimum Gasteiger partial charge on any atom is -0.357 e. The summed E-state index contributed by atoms with van der Waals surface area (Å²) < 4.78 is 0. The van der Waals surface area contributed by atoms with E-state index in [1.807, 2.05) is 0 Å². The van der Waals surface area contributed by atoms with Crippen LogP contribution in [0.4, 0.5) is 0 Å². The summed E-state index contributed by atoms with van der Waals surface area (Å²) in [6, 6.07) is 0. The van der Waals surface area contributed by atoms with Crippen molar-refractivity contribution < 1.29 is 9.63 Å². The Morgan fingerprint density at radius 3 is 2.71 bits per heavy atom. The second-order valence-electron chi connectivity index (χ2n) is 0.962. The normalized spacial score (nSPS) is 8.29. The number of carbonyl (C=O) groups excluding carboxylic acids is 1. The van der Waals surface area contributed by atoms with Gasteiger partial charge in [0.2, 0.25) is 5.91 Å². The van der Waals surface area contributed by atoms with Crippen molar-refractivity contribution in [3.05, 3.63) is 0 Å². The highest BCUT2D eigenvalue weighted by Gasteiger charge is 1.91. The summed E-state index contributed by atoms with van der Waals surface area (Å²) in [5.74, 6) is 5.79. The molecule has 1 radical (unpaired) electrons. The zero-order valence-electron chi connectivity index (χ0n) is 4.02. The summed E-state index contributed by atoms with van der Waals surface area (Å²) in [5, 5.41) is 2.28. The van der Waals surface area contributed by atoms with Crippen LogP contribution in [-0.4, -0.2) is 19.6 Å². The summed E-state index contributed by atoms with van der Waals surface area (Å²) in [5.41, 5.74) is 0. The van der Waals surface area contributed by atoms with Gasteiger partial charge in [-0.1, -0.05) is 0 Å². The molecule has 41 valence electrons. The lowest BCUT2D eigenvalue weighted by molar-refractivity contribution is -0.125. The van der Waals surface area contributed by atoms with E-state index in [0.29, 0.717) is 0 Å². The Morgan fingerprint density at radius 1 is 2.00 bits per heavy atom. The Balaban J connectivity index is 3.00. The fourth-order valence-corrected chi connectivity index (χ4v) is 0.138. The predicted octanol–water partition coefficient (Wildman–Crippen LogP) is -1.05. The van der Waals surface area contributed by atoms with Crippen LogP contribution in [0, 0.1) is 0 Å². The maximum atomic E-state index is 10.1.